The number of amides is 14. The summed E-state index contributed by atoms with van der Waals surface area (Å²) in [5.41, 5.74) is 0. The number of ketones is 2. The number of nitrogens with zero attached hydrogens (tertiary/aromatic N) is 8. The van der Waals surface area contributed by atoms with Gasteiger partial charge in [0.05, 0.1) is 54.2 Å². The summed E-state index contributed by atoms with van der Waals surface area (Å²) in [6, 6.07) is -5.92. The summed E-state index contributed by atoms with van der Waals surface area (Å²) >= 11 is 0. The molecule has 16 unspecified atom stereocenters. The molecule has 0 aromatic rings. The van der Waals surface area contributed by atoms with Crippen molar-refractivity contribution in [2.75, 3.05) is 26.1 Å². The second-order valence-corrected chi connectivity index (χ2v) is 31.2. The molecule has 14 amide bonds. The van der Waals surface area contributed by atoms with Crippen molar-refractivity contribution in [3.05, 3.63) is 0 Å². The predicted molar refractivity (Wildman–Crippen MR) is 410 cm³/mol. The molecule has 0 aliphatic carbocycles. The second-order valence-electron chi connectivity index (χ2n) is 31.2. The Morgan fingerprint density at radius 2 is 0.586 bits per heavy atom. The molecule has 648 valence electrons. The third-order valence-corrected chi connectivity index (χ3v) is 21.4. The van der Waals surface area contributed by atoms with E-state index < -0.39 is 174 Å². The first-order valence-corrected chi connectivity index (χ1v) is 39.9. The molecule has 8 rings (SSSR count). The molecule has 0 spiro atoms. The molecule has 8 saturated heterocycles. The highest BCUT2D eigenvalue weighted by atomic mass is 16.7. The number of imide groups is 4. The normalized spacial score (nSPS) is 26.1. The molecule has 0 aromatic carbocycles. The summed E-state index contributed by atoms with van der Waals surface area (Å²) < 4.78 is 47.6. The van der Waals surface area contributed by atoms with Crippen molar-refractivity contribution in [2.24, 2.45) is 11.8 Å². The Morgan fingerprint density at radius 1 is 0.336 bits per heavy atom. The number of likely N-dealkylation sites (tertiary alicyclic amines) is 4. The van der Waals surface area contributed by atoms with E-state index in [4.69, 9.17) is 27.6 Å². The van der Waals surface area contributed by atoms with Gasteiger partial charge in [-0.25, -0.2) is 19.2 Å². The van der Waals surface area contributed by atoms with Crippen LogP contribution in [0.1, 0.15) is 260 Å². The molecular weight excluding hydrogens is 1520 g/mol. The average Bonchev–Trinajstić information content (AvgIpc) is 1.35. The number of carbonyl (C=O) groups is 20. The third kappa shape index (κ3) is 29.6. The number of rotatable bonds is 30. The van der Waals surface area contributed by atoms with E-state index in [2.05, 4.69) is 55.5 Å². The topological polar surface area (TPSA) is 476 Å². The van der Waals surface area contributed by atoms with Crippen molar-refractivity contribution in [1.29, 1.82) is 0 Å². The van der Waals surface area contributed by atoms with E-state index in [0.29, 0.717) is 27.3 Å². The van der Waals surface area contributed by atoms with Crippen LogP contribution in [0.2, 0.25) is 0 Å². The highest BCUT2D eigenvalue weighted by Gasteiger charge is 2.41. The van der Waals surface area contributed by atoms with Crippen LogP contribution in [0.4, 0.5) is 0 Å². The minimum Gasteiger partial charge on any atom is -0.345 e. The first-order valence-electron chi connectivity index (χ1n) is 42.9. The lowest BCUT2D eigenvalue weighted by Gasteiger charge is -2.38. The fraction of sp³-hybridized carbons (Fsp3) is 0.744. The van der Waals surface area contributed by atoms with Crippen LogP contribution in [0, 0.1) is 11.8 Å². The standard InChI is InChI=1S/2C20H31N3O6.2C19H30N4O6/c2*1-12(20(28)29-23-18(26)8-9-19(23)27)10-16(24)15(4)21-17(25)11-22-13(2)6-5-7-14(22)3;2*1-11-6-5-7-12(2)22(11)10-15(24)20-13(3)18(27)21-14(4)19(28)29-23-16(25)8-9-17(23)26/h2*12-15H,5-11H2,1-4H3,(H,21,25);2*11-14H,5-10H2,1-4H3,(H,20,24)(H,21,27)/i11D2,21+1;1D3;20+1,21+1,22+1;13D,21+1,22+1. The van der Waals surface area contributed by atoms with Gasteiger partial charge in [-0.2, -0.15) is 0 Å². The van der Waals surface area contributed by atoms with E-state index in [1.54, 1.807) is 0 Å². The van der Waals surface area contributed by atoms with Gasteiger partial charge < -0.3 is 51.3 Å². The van der Waals surface area contributed by atoms with Gasteiger partial charge in [-0.3, -0.25) is 96.3 Å². The largest absolute Gasteiger partial charge is 0.354 e. The van der Waals surface area contributed by atoms with Gasteiger partial charge in [0, 0.05) is 117 Å². The van der Waals surface area contributed by atoms with E-state index >= 15 is 0 Å². The fourth-order valence-corrected chi connectivity index (χ4v) is 14.0. The summed E-state index contributed by atoms with van der Waals surface area (Å²) in [7, 11) is 0. The van der Waals surface area contributed by atoms with Crippen molar-refractivity contribution >= 4 is 118 Å². The van der Waals surface area contributed by atoms with Gasteiger partial charge in [0.15, 0.2) is 11.6 Å². The molecule has 16 atom stereocenters. The van der Waals surface area contributed by atoms with E-state index in [1.807, 2.05) is 46.4 Å². The number of Topliss-reactive ketones (excluding diaryl/α,β-unsaturated/α-hetero) is 2. The molecule has 38 nitrogen and oxygen atoms in total. The van der Waals surface area contributed by atoms with E-state index in [9.17, 15) is 95.9 Å². The van der Waals surface area contributed by atoms with Crippen molar-refractivity contribution in [3.63, 3.8) is 0 Å². The lowest BCUT2D eigenvalue weighted by molar-refractivity contribution is -0.200. The van der Waals surface area contributed by atoms with Crippen molar-refractivity contribution in [1.82, 2.24) is 71.8 Å². The van der Waals surface area contributed by atoms with Gasteiger partial charge in [-0.15, -0.1) is 20.3 Å². The Kier molecular flexibility index (Phi) is 34.5. The van der Waals surface area contributed by atoms with Crippen LogP contribution in [0.25, 0.3) is 0 Å². The molecule has 8 fully saturated rings. The van der Waals surface area contributed by atoms with Crippen LogP contribution >= 0.6 is 0 Å². The molecular formula is C78H122N14O24. The zero-order valence-corrected chi connectivity index (χ0v) is 69.2. The smallest absolute Gasteiger partial charge is 0.345 e. The number of hydrogen-bond donors (Lipinski definition) is 6. The third-order valence-electron chi connectivity index (χ3n) is 21.4. The van der Waals surface area contributed by atoms with Gasteiger partial charge in [-0.05, 0) is 148 Å². The van der Waals surface area contributed by atoms with Crippen LogP contribution in [0.15, 0.2) is 0 Å². The molecule has 6 N–H and O–H groups in total. The summed E-state index contributed by atoms with van der Waals surface area (Å²) in [5, 5.41) is 16.2. The van der Waals surface area contributed by atoms with Crippen LogP contribution < -0.4 is 31.9 Å². The monoisotopic (exact) mass is 1650 g/mol. The molecule has 0 aromatic heterocycles. The predicted octanol–water partition coefficient (Wildman–Crippen LogP) is 1.64. The van der Waals surface area contributed by atoms with Gasteiger partial charge >= 0.3 is 23.9 Å². The lowest BCUT2D eigenvalue weighted by atomic mass is 9.97. The van der Waals surface area contributed by atoms with E-state index in [1.165, 1.54) is 53.4 Å². The second kappa shape index (κ2) is 45.8. The minimum absolute atomic E-state index is 0.00975. The Labute approximate surface area is 685 Å². The summed E-state index contributed by atoms with van der Waals surface area (Å²) in [5.74, 6) is -16.9. The van der Waals surface area contributed by atoms with Crippen molar-refractivity contribution < 1.29 is 123 Å². The highest BCUT2D eigenvalue weighted by molar-refractivity contribution is 6.05. The maximum absolute atomic E-state index is 12.6. The SMILES string of the molecule is CC([15NH]C(=O)C[15N]1C(C)CCCC1C)C(=O)[15NH]C(C)C(=O)ON1C(=O)CCC1=O.[2H]C(C)(NC(=O)C[15N]1C(C)CCCC1C)C(=O)[15NH]C(C)C(=O)ON1C(=O)CCC1=O.[2H]C([2H])(C(=O)[15NH]C(C)C(=O)CC(C)C(=O)ON1C(=O)CCC1=O)N1C(C)CCCC1C.[2H]C([2H])([2H])C(CC(=O)C(C)NC(=O)CN1C(C)CCCC1C)C(=O)ON1C(=O)CCC1=O. The lowest BCUT2D eigenvalue weighted by Crippen LogP contribution is -2.54. The van der Waals surface area contributed by atoms with Crippen LogP contribution in [0.5, 0.6) is 0 Å². The molecule has 116 heavy (non-hydrogen) atoms. The molecule has 0 bridgehead atoms. The zero-order chi connectivity index (χ0) is 92.1. The van der Waals surface area contributed by atoms with Crippen molar-refractivity contribution in [2.45, 2.75) is 337 Å². The highest BCUT2D eigenvalue weighted by Crippen LogP contribution is 2.27. The molecule has 8 heterocycles. The van der Waals surface area contributed by atoms with Gasteiger partial charge in [-0.1, -0.05) is 39.5 Å². The van der Waals surface area contributed by atoms with Gasteiger partial charge in [0.2, 0.25) is 35.4 Å². The van der Waals surface area contributed by atoms with Crippen LogP contribution in [-0.4, -0.2) is 269 Å². The van der Waals surface area contributed by atoms with Crippen LogP contribution in [0.3, 0.4) is 0 Å². The average molecular weight is 1650 g/mol. The maximum Gasteiger partial charge on any atom is 0.354 e. The zero-order valence-electron chi connectivity index (χ0n) is 75.2. The summed E-state index contributed by atoms with van der Waals surface area (Å²) in [6.45, 7) is 20.9. The number of hydroxylamine groups is 8. The molecule has 8 aliphatic rings. The van der Waals surface area contributed by atoms with Gasteiger partial charge in [0.25, 0.3) is 47.3 Å². The summed E-state index contributed by atoms with van der Waals surface area (Å²) in [4.78, 5) is 267. The number of carbonyl (C=O) groups excluding carboxylic acids is 20. The molecule has 0 saturated carbocycles. The molecule has 0 radical (unpaired) electrons. The fourth-order valence-electron chi connectivity index (χ4n) is 14.0. The Balaban J connectivity index is 0.000000289. The first kappa shape index (κ1) is 87.3. The maximum atomic E-state index is 12.6. The Hall–Kier alpha value is -9.56. The Bertz CT molecular complexity index is 3810. The number of nitrogens with one attached hydrogen (secondary N) is 6. The van der Waals surface area contributed by atoms with Gasteiger partial charge in [0.1, 0.15) is 24.1 Å². The van der Waals surface area contributed by atoms with Crippen LogP contribution in [-0.2, 0) is 115 Å². The minimum atomic E-state index is -2.90. The number of piperidine rings is 4. The summed E-state index contributed by atoms with van der Waals surface area (Å²) in [6.07, 6.45) is 10.4. The number of hydrogen-bond acceptors (Lipinski definition) is 28. The molecule has 8 aliphatic heterocycles. The quantitative estimate of drug-likeness (QED) is 0.0440. The van der Waals surface area contributed by atoms with E-state index in [0.717, 1.165) is 77.0 Å². The molecule has 38 heteroatoms. The first-order chi connectivity index (χ1) is 56.7. The Morgan fingerprint density at radius 3 is 0.897 bits per heavy atom. The van der Waals surface area contributed by atoms with E-state index in [-0.39, 0.29) is 131 Å². The van der Waals surface area contributed by atoms with Crippen molar-refractivity contribution in [3.8, 4) is 0 Å².